The summed E-state index contributed by atoms with van der Waals surface area (Å²) in [5.74, 6) is 0. The Morgan fingerprint density at radius 1 is 0.552 bits per heavy atom. The van der Waals surface area contributed by atoms with Crippen LogP contribution in [0.2, 0.25) is 0 Å². The first-order chi connectivity index (χ1) is 14.4. The zero-order valence-electron chi connectivity index (χ0n) is 15.6. The highest BCUT2D eigenvalue weighted by Gasteiger charge is 2.12. The van der Waals surface area contributed by atoms with Crippen LogP contribution in [0.5, 0.6) is 0 Å². The molecule has 0 atom stereocenters. The normalized spacial score (nSPS) is 11.3. The molecule has 3 heteroatoms. The summed E-state index contributed by atoms with van der Waals surface area (Å²) in [6.07, 6.45) is 4.46. The van der Waals surface area contributed by atoms with Crippen LogP contribution in [-0.4, -0.2) is 0 Å². The van der Waals surface area contributed by atoms with Crippen molar-refractivity contribution in [3.8, 4) is 30.6 Å². The zero-order valence-corrected chi connectivity index (χ0v) is 18.1. The maximum Gasteiger partial charge on any atom is 0.0521 e. The average molecular weight is 427 g/mol. The van der Waals surface area contributed by atoms with Crippen molar-refractivity contribution in [2.24, 2.45) is 0 Å². The second-order valence-corrected chi connectivity index (χ2v) is 9.62. The molecule has 140 valence electrons. The van der Waals surface area contributed by atoms with Crippen LogP contribution in [0.3, 0.4) is 0 Å². The third-order valence-electron chi connectivity index (χ3n) is 4.74. The largest absolute Gasteiger partial charge is 0.143 e. The lowest BCUT2D eigenvalue weighted by molar-refractivity contribution is 1.60. The van der Waals surface area contributed by atoms with E-state index in [0.717, 1.165) is 0 Å². The van der Waals surface area contributed by atoms with Crippen molar-refractivity contribution in [2.45, 2.75) is 0 Å². The van der Waals surface area contributed by atoms with Gasteiger partial charge in [-0.05, 0) is 51.2 Å². The van der Waals surface area contributed by atoms with Gasteiger partial charge in [0.1, 0.15) is 0 Å². The van der Waals surface area contributed by atoms with Crippen molar-refractivity contribution in [2.75, 3.05) is 0 Å². The molecule has 0 saturated heterocycles. The fourth-order valence-corrected chi connectivity index (χ4v) is 6.12. The lowest BCUT2D eigenvalue weighted by Crippen LogP contribution is -1.78. The Kier molecular flexibility index (Phi) is 5.27. The Morgan fingerprint density at radius 2 is 1.24 bits per heavy atom. The predicted molar refractivity (Wildman–Crippen MR) is 132 cm³/mol. The fourth-order valence-electron chi connectivity index (χ4n) is 3.27. The Balaban J connectivity index is 1.46. The number of benzene rings is 2. The molecule has 0 bridgehead atoms. The molecule has 0 amide bonds. The van der Waals surface area contributed by atoms with Crippen LogP contribution in [-0.2, 0) is 0 Å². The molecule has 0 spiro atoms. The summed E-state index contributed by atoms with van der Waals surface area (Å²) in [6, 6.07) is 30.3. The number of thiophene rings is 3. The smallest absolute Gasteiger partial charge is 0.0521 e. The molecule has 3 aromatic heterocycles. The molecular weight excluding hydrogens is 408 g/mol. The highest BCUT2D eigenvalue weighted by atomic mass is 32.1. The monoisotopic (exact) mass is 426 g/mol. The summed E-state index contributed by atoms with van der Waals surface area (Å²) in [4.78, 5) is 5.35. The van der Waals surface area contributed by atoms with Gasteiger partial charge in [-0.2, -0.15) is 0 Å². The van der Waals surface area contributed by atoms with E-state index >= 15 is 0 Å². The molecule has 2 aromatic carbocycles. The van der Waals surface area contributed by atoms with Crippen molar-refractivity contribution < 1.29 is 0 Å². The number of hydrogen-bond donors (Lipinski definition) is 0. The van der Waals surface area contributed by atoms with Gasteiger partial charge in [-0.3, -0.25) is 0 Å². The van der Waals surface area contributed by atoms with Crippen LogP contribution in [0, 0.1) is 0 Å². The molecular formula is C26H18S3. The minimum Gasteiger partial charge on any atom is -0.143 e. The topological polar surface area (TPSA) is 0 Å². The van der Waals surface area contributed by atoms with Crippen LogP contribution < -0.4 is 0 Å². The van der Waals surface area contributed by atoms with E-state index in [1.165, 1.54) is 41.8 Å². The summed E-state index contributed by atoms with van der Waals surface area (Å²) in [5.41, 5.74) is 5.00. The third kappa shape index (κ3) is 4.03. The molecule has 0 unspecified atom stereocenters. The molecule has 0 fully saturated rings. The average Bonchev–Trinajstić information content (AvgIpc) is 3.54. The van der Waals surface area contributed by atoms with E-state index < -0.39 is 0 Å². The molecule has 5 aromatic rings. The fraction of sp³-hybridized carbons (Fsp3) is 0. The molecule has 0 radical (unpaired) electrons. The van der Waals surface area contributed by atoms with Gasteiger partial charge in [0.05, 0.1) is 4.88 Å². The van der Waals surface area contributed by atoms with E-state index in [4.69, 9.17) is 0 Å². The minimum absolute atomic E-state index is 1.21. The first-order valence-corrected chi connectivity index (χ1v) is 12.0. The van der Waals surface area contributed by atoms with E-state index in [0.29, 0.717) is 0 Å². The van der Waals surface area contributed by atoms with Gasteiger partial charge >= 0.3 is 0 Å². The molecule has 0 N–H and O–H groups in total. The predicted octanol–water partition coefficient (Wildman–Crippen LogP) is 9.04. The van der Waals surface area contributed by atoms with Crippen LogP contribution in [0.1, 0.15) is 11.1 Å². The molecule has 29 heavy (non-hydrogen) atoms. The van der Waals surface area contributed by atoms with Gasteiger partial charge in [0.15, 0.2) is 0 Å². The van der Waals surface area contributed by atoms with Crippen molar-refractivity contribution in [3.05, 3.63) is 107 Å². The number of rotatable bonds is 5. The first-order valence-electron chi connectivity index (χ1n) is 9.42. The van der Waals surface area contributed by atoms with E-state index in [1.807, 2.05) is 11.3 Å². The van der Waals surface area contributed by atoms with Crippen LogP contribution in [0.25, 0.3) is 42.8 Å². The lowest BCUT2D eigenvalue weighted by Gasteiger charge is -2.02. The van der Waals surface area contributed by atoms with Gasteiger partial charge in [0, 0.05) is 14.6 Å². The van der Waals surface area contributed by atoms with E-state index in [1.54, 1.807) is 22.7 Å². The molecule has 0 nitrogen and oxygen atoms in total. The second kappa shape index (κ2) is 8.34. The highest BCUT2D eigenvalue weighted by molar-refractivity contribution is 7.26. The zero-order chi connectivity index (χ0) is 19.5. The van der Waals surface area contributed by atoms with Gasteiger partial charge in [-0.15, -0.1) is 34.0 Å². The molecule has 0 saturated carbocycles. The van der Waals surface area contributed by atoms with Crippen molar-refractivity contribution in [1.29, 1.82) is 0 Å². The maximum atomic E-state index is 2.32. The van der Waals surface area contributed by atoms with Crippen molar-refractivity contribution in [3.63, 3.8) is 0 Å². The van der Waals surface area contributed by atoms with Gasteiger partial charge in [-0.1, -0.05) is 78.9 Å². The maximum absolute atomic E-state index is 2.32. The molecule has 3 heterocycles. The van der Waals surface area contributed by atoms with E-state index in [-0.39, 0.29) is 0 Å². The van der Waals surface area contributed by atoms with Crippen LogP contribution >= 0.6 is 34.0 Å². The Bertz CT molecular complexity index is 1210. The summed E-state index contributed by atoms with van der Waals surface area (Å²) in [7, 11) is 0. The molecule has 0 aliphatic rings. The summed E-state index contributed by atoms with van der Waals surface area (Å²) in [5, 5.41) is 4.29. The Labute approximate surface area is 183 Å². The quantitative estimate of drug-likeness (QED) is 0.263. The Morgan fingerprint density at radius 3 is 1.93 bits per heavy atom. The summed E-state index contributed by atoms with van der Waals surface area (Å²) >= 11 is 5.48. The molecule has 0 aliphatic heterocycles. The summed E-state index contributed by atoms with van der Waals surface area (Å²) < 4.78 is 0. The van der Waals surface area contributed by atoms with Gasteiger partial charge in [-0.25, -0.2) is 0 Å². The first kappa shape index (κ1) is 18.3. The Hall–Kier alpha value is -2.72. The SMILES string of the molecule is C(=C\c1cc(-c2cccs2)sc1-c1cccs1)/c1ccc(-c2ccccc2)cc1. The van der Waals surface area contributed by atoms with Gasteiger partial charge in [0.25, 0.3) is 0 Å². The second-order valence-electron chi connectivity index (χ2n) is 6.67. The van der Waals surface area contributed by atoms with Crippen molar-refractivity contribution in [1.82, 2.24) is 0 Å². The van der Waals surface area contributed by atoms with E-state index in [9.17, 15) is 0 Å². The minimum atomic E-state index is 1.21. The summed E-state index contributed by atoms with van der Waals surface area (Å²) in [6.45, 7) is 0. The van der Waals surface area contributed by atoms with Crippen LogP contribution in [0.4, 0.5) is 0 Å². The molecule has 5 rings (SSSR count). The highest BCUT2D eigenvalue weighted by Crippen LogP contribution is 2.42. The van der Waals surface area contributed by atoms with Crippen molar-refractivity contribution >= 4 is 46.2 Å². The third-order valence-corrected chi connectivity index (χ3v) is 8.01. The van der Waals surface area contributed by atoms with Crippen LogP contribution in [0.15, 0.2) is 95.7 Å². The van der Waals surface area contributed by atoms with Gasteiger partial charge in [0.2, 0.25) is 0 Å². The standard InChI is InChI=1S/C26H18S3/c1-2-6-20(7-3-1)21-13-10-19(11-14-21)12-15-22-18-25(23-8-4-16-27-23)29-26(22)24-9-5-17-28-24/h1-18H/b15-12+. The van der Waals surface area contributed by atoms with Gasteiger partial charge < -0.3 is 0 Å². The van der Waals surface area contributed by atoms with E-state index in [2.05, 4.69) is 108 Å². The number of hydrogen-bond acceptors (Lipinski definition) is 3. The lowest BCUT2D eigenvalue weighted by atomic mass is 10.0. The molecule has 0 aliphatic carbocycles.